The minimum Gasteiger partial charge on any atom is -0.488 e. The van der Waals surface area contributed by atoms with Crippen molar-refractivity contribution in [2.24, 2.45) is 0 Å². The average Bonchev–Trinajstić information content (AvgIpc) is 2.93. The van der Waals surface area contributed by atoms with Crippen LogP contribution in [-0.4, -0.2) is 24.2 Å². The lowest BCUT2D eigenvalue weighted by Crippen LogP contribution is -2.47. The van der Waals surface area contributed by atoms with Crippen molar-refractivity contribution in [3.63, 3.8) is 0 Å². The number of hydrogen-bond acceptors (Lipinski definition) is 6. The monoisotopic (exact) mass is 678 g/mol. The van der Waals surface area contributed by atoms with Crippen molar-refractivity contribution in [1.82, 2.24) is 0 Å². The van der Waals surface area contributed by atoms with Gasteiger partial charge in [-0.3, -0.25) is 4.55 Å². The van der Waals surface area contributed by atoms with Crippen LogP contribution in [0.1, 0.15) is 80.4 Å². The molecule has 5 nitrogen and oxygen atoms in total. The molecule has 1 N–H and O–H groups in total. The molecule has 46 heavy (non-hydrogen) atoms. The summed E-state index contributed by atoms with van der Waals surface area (Å²) in [4.78, 5) is 3.91. The predicted molar refractivity (Wildman–Crippen MR) is 191 cm³/mol. The molecule has 0 bridgehead atoms. The minimum absolute atomic E-state index is 0.0547. The van der Waals surface area contributed by atoms with Crippen LogP contribution in [0, 0.1) is 0 Å². The van der Waals surface area contributed by atoms with E-state index in [-0.39, 0.29) is 15.9 Å². The van der Waals surface area contributed by atoms with E-state index >= 15 is 0 Å². The molecule has 0 aromatic heterocycles. The van der Waals surface area contributed by atoms with Crippen LogP contribution in [0.25, 0.3) is 0 Å². The van der Waals surface area contributed by atoms with Crippen molar-refractivity contribution in [2.75, 3.05) is 0 Å². The molecule has 0 fully saturated rings. The molecule has 246 valence electrons. The molecule has 0 spiro atoms. The SMILES string of the molecule is CC(C)(C)Oc1ccc(Sc2ccc(C(C)(C)C(C)(C)Oc3ccc(Sc4ccc(C(C)(C)C)c(S(=O)(=O)O)c4)cc3)cc2)cc1. The van der Waals surface area contributed by atoms with Crippen molar-refractivity contribution in [1.29, 1.82) is 0 Å². The van der Waals surface area contributed by atoms with Crippen LogP contribution >= 0.6 is 23.5 Å². The normalized spacial score (nSPS) is 13.0. The second kappa shape index (κ2) is 13.3. The van der Waals surface area contributed by atoms with Gasteiger partial charge in [0.15, 0.2) is 0 Å². The fraction of sp³-hybridized carbons (Fsp3) is 0.368. The molecule has 8 heteroatoms. The Kier molecular flexibility index (Phi) is 10.4. The first-order valence-corrected chi connectivity index (χ1v) is 18.4. The molecule has 0 saturated carbocycles. The Morgan fingerprint density at radius 2 is 0.978 bits per heavy atom. The maximum atomic E-state index is 12.1. The van der Waals surface area contributed by atoms with Crippen molar-refractivity contribution in [3.8, 4) is 11.5 Å². The summed E-state index contributed by atoms with van der Waals surface area (Å²) in [5.41, 5.74) is 0.263. The lowest BCUT2D eigenvalue weighted by atomic mass is 9.72. The highest BCUT2D eigenvalue weighted by Crippen LogP contribution is 2.41. The summed E-state index contributed by atoms with van der Waals surface area (Å²) in [5.74, 6) is 1.61. The van der Waals surface area contributed by atoms with Gasteiger partial charge in [0.05, 0.1) is 4.90 Å². The quantitative estimate of drug-likeness (QED) is 0.167. The Bertz CT molecular complexity index is 1740. The Balaban J connectivity index is 1.43. The summed E-state index contributed by atoms with van der Waals surface area (Å²) in [6, 6.07) is 29.9. The van der Waals surface area contributed by atoms with Gasteiger partial charge in [-0.25, -0.2) is 0 Å². The average molecular weight is 679 g/mol. The Morgan fingerprint density at radius 3 is 1.41 bits per heavy atom. The van der Waals surface area contributed by atoms with E-state index in [2.05, 4.69) is 64.1 Å². The molecule has 0 aliphatic rings. The van der Waals surface area contributed by atoms with Crippen LogP contribution in [0.15, 0.2) is 115 Å². The van der Waals surface area contributed by atoms with E-state index < -0.39 is 21.1 Å². The predicted octanol–water partition coefficient (Wildman–Crippen LogP) is 10.8. The van der Waals surface area contributed by atoms with Crippen molar-refractivity contribution in [2.45, 2.75) is 116 Å². The molecule has 0 aliphatic carbocycles. The van der Waals surface area contributed by atoms with Gasteiger partial charge in [0.2, 0.25) is 0 Å². The molecule has 4 aromatic rings. The Hall–Kier alpha value is -2.91. The first-order valence-electron chi connectivity index (χ1n) is 15.3. The van der Waals surface area contributed by atoms with Crippen LogP contribution in [-0.2, 0) is 20.9 Å². The zero-order valence-electron chi connectivity index (χ0n) is 28.5. The third kappa shape index (κ3) is 9.12. The van der Waals surface area contributed by atoms with Crippen LogP contribution in [0.5, 0.6) is 11.5 Å². The molecular weight excluding hydrogens is 633 g/mol. The van der Waals surface area contributed by atoms with E-state index in [4.69, 9.17) is 9.47 Å². The second-order valence-electron chi connectivity index (χ2n) is 14.5. The summed E-state index contributed by atoms with van der Waals surface area (Å²) in [6.45, 7) is 20.5. The second-order valence-corrected chi connectivity index (χ2v) is 18.2. The van der Waals surface area contributed by atoms with E-state index in [0.717, 1.165) is 31.1 Å². The van der Waals surface area contributed by atoms with E-state index in [1.165, 1.54) is 17.3 Å². The lowest BCUT2D eigenvalue weighted by molar-refractivity contribution is 0.0357. The van der Waals surface area contributed by atoms with Crippen molar-refractivity contribution >= 4 is 33.6 Å². The highest BCUT2D eigenvalue weighted by atomic mass is 32.2. The first-order chi connectivity index (χ1) is 21.1. The number of ether oxygens (including phenoxy) is 2. The van der Waals surface area contributed by atoms with Gasteiger partial charge in [0.1, 0.15) is 22.7 Å². The van der Waals surface area contributed by atoms with Gasteiger partial charge in [-0.15, -0.1) is 0 Å². The largest absolute Gasteiger partial charge is 0.488 e. The number of hydrogen-bond donors (Lipinski definition) is 1. The molecule has 4 aromatic carbocycles. The maximum absolute atomic E-state index is 12.1. The van der Waals surface area contributed by atoms with Crippen molar-refractivity contribution < 1.29 is 22.4 Å². The van der Waals surface area contributed by atoms with Gasteiger partial charge < -0.3 is 9.47 Å². The minimum atomic E-state index is -4.36. The number of rotatable bonds is 10. The molecule has 0 heterocycles. The van der Waals surface area contributed by atoms with Crippen molar-refractivity contribution in [3.05, 3.63) is 102 Å². The molecule has 4 rings (SSSR count). The van der Waals surface area contributed by atoms with Gasteiger partial charge in [-0.2, -0.15) is 8.42 Å². The maximum Gasteiger partial charge on any atom is 0.294 e. The summed E-state index contributed by atoms with van der Waals surface area (Å²) >= 11 is 3.15. The van der Waals surface area contributed by atoms with E-state index in [0.29, 0.717) is 5.56 Å². The summed E-state index contributed by atoms with van der Waals surface area (Å²) in [6.07, 6.45) is 0. The standard InChI is InChI=1S/C38H46O5S3/c1-35(2,3)33-24-23-32(25-34(33)46(39,40)41)45-31-21-15-28(16-22-31)43-38(9,10)37(7,8)26-11-17-29(18-12-26)44-30-19-13-27(14-20-30)42-36(4,5)6/h11-25H,1-10H3,(H,39,40,41). The van der Waals surface area contributed by atoms with E-state index in [9.17, 15) is 13.0 Å². The molecule has 0 atom stereocenters. The molecule has 0 aliphatic heterocycles. The van der Waals surface area contributed by atoms with Crippen LogP contribution in [0.4, 0.5) is 0 Å². The van der Waals surface area contributed by atoms with Gasteiger partial charge in [0, 0.05) is 25.0 Å². The molecular formula is C38H46O5S3. The summed E-state index contributed by atoms with van der Waals surface area (Å²) in [5, 5.41) is 0. The van der Waals surface area contributed by atoms with E-state index in [1.807, 2.05) is 84.0 Å². The third-order valence-corrected chi connectivity index (χ3v) is 10.9. The topological polar surface area (TPSA) is 72.8 Å². The fourth-order valence-electron chi connectivity index (χ4n) is 4.89. The van der Waals surface area contributed by atoms with Crippen LogP contribution in [0.2, 0.25) is 0 Å². The van der Waals surface area contributed by atoms with Gasteiger partial charge in [-0.05, 0) is 124 Å². The smallest absolute Gasteiger partial charge is 0.294 e. The highest BCUT2D eigenvalue weighted by molar-refractivity contribution is 7.99. The first kappa shape index (κ1) is 35.9. The molecule has 0 amide bonds. The molecule has 0 radical (unpaired) electrons. The zero-order chi connectivity index (χ0) is 34.1. The summed E-state index contributed by atoms with van der Waals surface area (Å²) in [7, 11) is -4.36. The van der Waals surface area contributed by atoms with Gasteiger partial charge in [0.25, 0.3) is 10.1 Å². The van der Waals surface area contributed by atoms with E-state index in [1.54, 1.807) is 23.9 Å². The van der Waals surface area contributed by atoms with Gasteiger partial charge in [-0.1, -0.05) is 76.3 Å². The van der Waals surface area contributed by atoms with Crippen LogP contribution < -0.4 is 9.47 Å². The zero-order valence-corrected chi connectivity index (χ0v) is 30.9. The fourth-order valence-corrected chi connectivity index (χ4v) is 7.56. The lowest BCUT2D eigenvalue weighted by Gasteiger charge is -2.42. The van der Waals surface area contributed by atoms with Crippen LogP contribution in [0.3, 0.4) is 0 Å². The number of benzene rings is 4. The summed E-state index contributed by atoms with van der Waals surface area (Å²) < 4.78 is 46.6. The molecule has 0 saturated heterocycles. The Labute approximate surface area is 284 Å². The van der Waals surface area contributed by atoms with Gasteiger partial charge >= 0.3 is 0 Å². The molecule has 0 unspecified atom stereocenters. The third-order valence-electron chi connectivity index (χ3n) is 8.04. The highest BCUT2D eigenvalue weighted by Gasteiger charge is 2.40. The Morgan fingerprint density at radius 1 is 0.565 bits per heavy atom.